The summed E-state index contributed by atoms with van der Waals surface area (Å²) in [6, 6.07) is 14.4. The summed E-state index contributed by atoms with van der Waals surface area (Å²) in [4.78, 5) is 27.6. The second-order valence-electron chi connectivity index (χ2n) is 7.32. The molecule has 1 saturated heterocycles. The second-order valence-corrected chi connectivity index (χ2v) is 7.32. The van der Waals surface area contributed by atoms with Gasteiger partial charge in [-0.25, -0.2) is 0 Å². The zero-order chi connectivity index (χ0) is 23.5. The molecule has 170 valence electrons. The zero-order valence-corrected chi connectivity index (χ0v) is 18.4. The lowest BCUT2D eigenvalue weighted by atomic mass is 9.98. The van der Waals surface area contributed by atoms with Gasteiger partial charge >= 0.3 is 0 Å². The Morgan fingerprint density at radius 2 is 1.73 bits per heavy atom. The monoisotopic (exact) mass is 449 g/mol. The van der Waals surface area contributed by atoms with E-state index in [0.29, 0.717) is 28.6 Å². The number of benzene rings is 2. The molecule has 0 radical (unpaired) electrons. The molecule has 2 heterocycles. The van der Waals surface area contributed by atoms with E-state index in [9.17, 15) is 14.7 Å². The Morgan fingerprint density at radius 1 is 0.970 bits per heavy atom. The van der Waals surface area contributed by atoms with Crippen molar-refractivity contribution >= 4 is 17.4 Å². The fourth-order valence-electron chi connectivity index (χ4n) is 3.94. The van der Waals surface area contributed by atoms with Gasteiger partial charge in [0.1, 0.15) is 34.8 Å². The number of para-hydroxylation sites is 1. The molecule has 1 aromatic heterocycles. The highest BCUT2D eigenvalue weighted by atomic mass is 16.5. The average Bonchev–Trinajstić information content (AvgIpc) is 3.46. The molecule has 2 aromatic carbocycles. The van der Waals surface area contributed by atoms with Gasteiger partial charge in [-0.05, 0) is 30.3 Å². The van der Waals surface area contributed by atoms with Gasteiger partial charge in [-0.1, -0.05) is 18.2 Å². The van der Waals surface area contributed by atoms with Crippen LogP contribution in [0.3, 0.4) is 0 Å². The van der Waals surface area contributed by atoms with Crippen LogP contribution in [0.15, 0.2) is 70.9 Å². The summed E-state index contributed by atoms with van der Waals surface area (Å²) in [6.45, 7) is 0.0798. The molecule has 3 aromatic rings. The summed E-state index contributed by atoms with van der Waals surface area (Å²) >= 11 is 0. The molecule has 0 bridgehead atoms. The van der Waals surface area contributed by atoms with Crippen molar-refractivity contribution < 1.29 is 33.3 Å². The van der Waals surface area contributed by atoms with Gasteiger partial charge in [0, 0.05) is 11.6 Å². The standard InChI is InChI=1S/C25H23NO7/c1-30-16-10-11-17(20(13-16)32-3)23(27)21-22(19-9-6-12-33-19)26(25(29)24(21)28)14-15-7-4-5-8-18(15)31-2/h4-13,22,27H,14H2,1-3H3/b23-21-. The minimum absolute atomic E-state index is 0.0798. The number of carbonyl (C=O) groups is 2. The van der Waals surface area contributed by atoms with Crippen molar-refractivity contribution in [2.24, 2.45) is 0 Å². The van der Waals surface area contributed by atoms with Gasteiger partial charge in [-0.15, -0.1) is 0 Å². The maximum Gasteiger partial charge on any atom is 0.296 e. The Kier molecular flexibility index (Phi) is 6.08. The molecular weight excluding hydrogens is 426 g/mol. The Labute approximate surface area is 190 Å². The van der Waals surface area contributed by atoms with Crippen LogP contribution in [-0.4, -0.2) is 43.0 Å². The van der Waals surface area contributed by atoms with E-state index in [1.807, 2.05) is 18.2 Å². The summed E-state index contributed by atoms with van der Waals surface area (Å²) < 4.78 is 21.6. The average molecular weight is 449 g/mol. The van der Waals surface area contributed by atoms with Crippen LogP contribution in [0.1, 0.15) is 22.9 Å². The molecule has 8 heteroatoms. The van der Waals surface area contributed by atoms with Gasteiger partial charge in [0.2, 0.25) is 0 Å². The molecule has 1 aliphatic heterocycles. The van der Waals surface area contributed by atoms with Gasteiger partial charge in [0.15, 0.2) is 0 Å². The first kappa shape index (κ1) is 22.0. The summed E-state index contributed by atoms with van der Waals surface area (Å²) in [5.74, 6) is -0.203. The van der Waals surface area contributed by atoms with Crippen LogP contribution < -0.4 is 14.2 Å². The van der Waals surface area contributed by atoms with Gasteiger partial charge in [-0.2, -0.15) is 0 Å². The number of aliphatic hydroxyl groups is 1. The van der Waals surface area contributed by atoms with Crippen LogP contribution >= 0.6 is 0 Å². The number of amides is 1. The van der Waals surface area contributed by atoms with E-state index in [0.717, 1.165) is 0 Å². The number of hydrogen-bond acceptors (Lipinski definition) is 7. The third kappa shape index (κ3) is 3.91. The fraction of sp³-hybridized carbons (Fsp3) is 0.200. The molecule has 1 aliphatic rings. The highest BCUT2D eigenvalue weighted by Gasteiger charge is 2.47. The van der Waals surface area contributed by atoms with E-state index in [4.69, 9.17) is 18.6 Å². The second kappa shape index (κ2) is 9.12. The predicted molar refractivity (Wildman–Crippen MR) is 119 cm³/mol. The van der Waals surface area contributed by atoms with E-state index < -0.39 is 17.7 Å². The molecule has 8 nitrogen and oxygen atoms in total. The Bertz CT molecular complexity index is 1210. The van der Waals surface area contributed by atoms with Crippen molar-refractivity contribution in [3.05, 3.63) is 83.3 Å². The molecule has 1 atom stereocenters. The van der Waals surface area contributed by atoms with Crippen molar-refractivity contribution in [3.8, 4) is 17.2 Å². The lowest BCUT2D eigenvalue weighted by molar-refractivity contribution is -0.140. The maximum atomic E-state index is 13.2. The van der Waals surface area contributed by atoms with Crippen LogP contribution in [0.4, 0.5) is 0 Å². The zero-order valence-electron chi connectivity index (χ0n) is 18.4. The number of hydrogen-bond donors (Lipinski definition) is 1. The minimum Gasteiger partial charge on any atom is -0.507 e. The quantitative estimate of drug-likeness (QED) is 0.332. The molecule has 1 amide bonds. The molecule has 0 saturated carbocycles. The molecule has 1 unspecified atom stereocenters. The van der Waals surface area contributed by atoms with E-state index in [1.165, 1.54) is 32.5 Å². The lowest BCUT2D eigenvalue weighted by Crippen LogP contribution is -2.29. The smallest absolute Gasteiger partial charge is 0.296 e. The highest BCUT2D eigenvalue weighted by molar-refractivity contribution is 6.46. The third-order valence-electron chi connectivity index (χ3n) is 5.55. The van der Waals surface area contributed by atoms with E-state index in [-0.39, 0.29) is 23.4 Å². The number of aliphatic hydroxyl groups excluding tert-OH is 1. The summed E-state index contributed by atoms with van der Waals surface area (Å²) in [5, 5.41) is 11.2. The van der Waals surface area contributed by atoms with E-state index in [2.05, 4.69) is 0 Å². The van der Waals surface area contributed by atoms with Crippen molar-refractivity contribution in [1.29, 1.82) is 0 Å². The van der Waals surface area contributed by atoms with Crippen LogP contribution in [0.25, 0.3) is 5.76 Å². The first-order chi connectivity index (χ1) is 16.0. The minimum atomic E-state index is -0.934. The lowest BCUT2D eigenvalue weighted by Gasteiger charge is -2.24. The number of ketones is 1. The van der Waals surface area contributed by atoms with Gasteiger partial charge in [-0.3, -0.25) is 9.59 Å². The number of Topliss-reactive ketones (excluding diaryl/α,β-unsaturated/α-hetero) is 1. The van der Waals surface area contributed by atoms with Crippen LogP contribution in [0, 0.1) is 0 Å². The third-order valence-corrected chi connectivity index (χ3v) is 5.55. The highest BCUT2D eigenvalue weighted by Crippen LogP contribution is 2.42. The topological polar surface area (TPSA) is 98.4 Å². The largest absolute Gasteiger partial charge is 0.507 e. The summed E-state index contributed by atoms with van der Waals surface area (Å²) in [5.41, 5.74) is 0.874. The number of furan rings is 1. The van der Waals surface area contributed by atoms with Crippen molar-refractivity contribution in [1.82, 2.24) is 4.90 Å². The van der Waals surface area contributed by atoms with Crippen LogP contribution in [0.5, 0.6) is 17.2 Å². The molecule has 0 aliphatic carbocycles. The first-order valence-electron chi connectivity index (χ1n) is 10.2. The fourth-order valence-corrected chi connectivity index (χ4v) is 3.94. The number of likely N-dealkylation sites (tertiary alicyclic amines) is 1. The number of methoxy groups -OCH3 is 3. The van der Waals surface area contributed by atoms with E-state index in [1.54, 1.807) is 36.4 Å². The molecule has 1 fully saturated rings. The maximum absolute atomic E-state index is 13.2. The Hall–Kier alpha value is -4.20. The molecule has 33 heavy (non-hydrogen) atoms. The number of nitrogens with zero attached hydrogens (tertiary/aromatic N) is 1. The van der Waals surface area contributed by atoms with Crippen molar-refractivity contribution in [2.45, 2.75) is 12.6 Å². The van der Waals surface area contributed by atoms with Crippen LogP contribution in [0.2, 0.25) is 0 Å². The predicted octanol–water partition coefficient (Wildman–Crippen LogP) is 3.93. The van der Waals surface area contributed by atoms with E-state index >= 15 is 0 Å². The van der Waals surface area contributed by atoms with Crippen molar-refractivity contribution in [3.63, 3.8) is 0 Å². The first-order valence-corrected chi connectivity index (χ1v) is 10.2. The Balaban J connectivity index is 1.86. The van der Waals surface area contributed by atoms with Crippen LogP contribution in [-0.2, 0) is 16.1 Å². The number of carbonyl (C=O) groups excluding carboxylic acids is 2. The molecule has 1 N–H and O–H groups in total. The molecule has 0 spiro atoms. The normalized spacial score (nSPS) is 17.3. The van der Waals surface area contributed by atoms with Gasteiger partial charge < -0.3 is 28.6 Å². The Morgan fingerprint density at radius 3 is 2.39 bits per heavy atom. The van der Waals surface area contributed by atoms with Gasteiger partial charge in [0.25, 0.3) is 11.7 Å². The SMILES string of the molecule is COc1ccc(/C(O)=C2/C(=O)C(=O)N(Cc3ccccc3OC)C2c2ccco2)c(OC)c1. The molecular formula is C25H23NO7. The molecule has 4 rings (SSSR count). The van der Waals surface area contributed by atoms with Gasteiger partial charge in [0.05, 0.1) is 45.3 Å². The summed E-state index contributed by atoms with van der Waals surface area (Å²) in [7, 11) is 4.48. The summed E-state index contributed by atoms with van der Waals surface area (Å²) in [6.07, 6.45) is 1.45. The number of ether oxygens (including phenoxy) is 3. The van der Waals surface area contributed by atoms with Crippen molar-refractivity contribution in [2.75, 3.05) is 21.3 Å². The number of rotatable bonds is 7.